The number of nitrogens with zero attached hydrogens (tertiary/aromatic N) is 1. The van der Waals surface area contributed by atoms with E-state index in [4.69, 9.17) is 42.4 Å². The smallest absolute Gasteiger partial charge is 0.341 e. The molecule has 54 heavy (non-hydrogen) atoms. The monoisotopic (exact) mass is 802 g/mol. The van der Waals surface area contributed by atoms with Crippen molar-refractivity contribution in [3.63, 3.8) is 0 Å². The Kier molecular flexibility index (Phi) is 13.1. The largest absolute Gasteiger partial charge is 0.398 e. The second kappa shape index (κ2) is 17.3. The molecular weight excluding hydrogens is 759 g/mol. The normalized spacial score (nSPS) is 17.3. The predicted molar refractivity (Wildman–Crippen MR) is 225 cm³/mol. The number of fused-ring (bicyclic) bond motifs is 1. The van der Waals surface area contributed by atoms with E-state index in [2.05, 4.69) is 16.0 Å². The molecule has 3 amide bonds. The fourth-order valence-corrected chi connectivity index (χ4v) is 9.49. The van der Waals surface area contributed by atoms with Crippen LogP contribution in [0.1, 0.15) is 78.6 Å². The zero-order chi connectivity index (χ0) is 39.2. The summed E-state index contributed by atoms with van der Waals surface area (Å²) in [5.41, 5.74) is 8.26. The molecule has 0 spiro atoms. The van der Waals surface area contributed by atoms with Gasteiger partial charge < -0.3 is 21.7 Å². The second-order valence-corrected chi connectivity index (χ2v) is 16.8. The van der Waals surface area contributed by atoms with Gasteiger partial charge in [0.1, 0.15) is 16.3 Å². The van der Waals surface area contributed by atoms with Crippen molar-refractivity contribution in [3.8, 4) is 0 Å². The van der Waals surface area contributed by atoms with Crippen LogP contribution in [0.3, 0.4) is 0 Å². The number of sulfonamides is 1. The fraction of sp³-hybridized carbons (Fsp3) is 0.300. The van der Waals surface area contributed by atoms with Gasteiger partial charge in [-0.15, -0.1) is 3.89 Å². The maximum absolute atomic E-state index is 16.1. The lowest BCUT2D eigenvalue weighted by atomic mass is 9.99. The number of hydrogen-bond acceptors (Lipinski definition) is 9. The molecule has 0 saturated carbocycles. The van der Waals surface area contributed by atoms with Gasteiger partial charge >= 0.3 is 10.0 Å². The topological polar surface area (TPSA) is 147 Å². The second-order valence-electron chi connectivity index (χ2n) is 13.3. The molecule has 2 aromatic rings. The first-order valence-corrected chi connectivity index (χ1v) is 20.5. The quantitative estimate of drug-likeness (QED) is 0.0669. The number of carbonyl (C=O) groups excluding carboxylic acids is 3. The van der Waals surface area contributed by atoms with E-state index < -0.39 is 13.9 Å². The highest BCUT2D eigenvalue weighted by Crippen LogP contribution is 2.49. The summed E-state index contributed by atoms with van der Waals surface area (Å²) in [6, 6.07) is 10.1. The highest BCUT2D eigenvalue weighted by atomic mass is 32.2. The zero-order valence-electron chi connectivity index (χ0n) is 30.5. The van der Waals surface area contributed by atoms with Crippen molar-refractivity contribution < 1.29 is 26.7 Å². The minimum Gasteiger partial charge on any atom is -0.398 e. The molecule has 2 aromatic carbocycles. The first kappa shape index (κ1) is 40.7. The lowest BCUT2D eigenvalue weighted by Crippen LogP contribution is -2.53. The van der Waals surface area contributed by atoms with Gasteiger partial charge in [-0.05, 0) is 60.7 Å². The average Bonchev–Trinajstić information content (AvgIpc) is 3.10. The maximum Gasteiger partial charge on any atom is 0.341 e. The number of benzene rings is 2. The SMILES string of the molecule is CCCCCC(=O)NC1=CC(=S)CC=C1[N+](C1=CCC(=S)C(NC(=O)CCC)=C1)(C1=CC(NC(C)=O)=CC(=S)C1)S(=O)(=O)c1ccc2cccc(N)c2c1. The number of thiocarbonyl (C=S) groups is 3. The molecule has 1 unspecified atom stereocenters. The molecular formula is C40H44N5O5S4+. The van der Waals surface area contributed by atoms with Gasteiger partial charge in [0, 0.05) is 76.1 Å². The summed E-state index contributed by atoms with van der Waals surface area (Å²) in [4.78, 5) is 40.1. The fourth-order valence-electron chi connectivity index (χ4n) is 6.74. The van der Waals surface area contributed by atoms with Gasteiger partial charge in [0.05, 0.1) is 12.1 Å². The van der Waals surface area contributed by atoms with Crippen molar-refractivity contribution in [2.75, 3.05) is 5.73 Å². The van der Waals surface area contributed by atoms with Gasteiger partial charge in [0.15, 0.2) is 11.4 Å². The molecule has 3 aliphatic rings. The minimum atomic E-state index is -4.69. The summed E-state index contributed by atoms with van der Waals surface area (Å²) in [7, 11) is -4.69. The molecule has 10 nitrogen and oxygen atoms in total. The van der Waals surface area contributed by atoms with Gasteiger partial charge in [-0.2, -0.15) is 8.42 Å². The highest BCUT2D eigenvalue weighted by molar-refractivity contribution is 7.86. The molecule has 1 atom stereocenters. The van der Waals surface area contributed by atoms with Gasteiger partial charge in [-0.3, -0.25) is 14.4 Å². The predicted octanol–water partition coefficient (Wildman–Crippen LogP) is 7.30. The van der Waals surface area contributed by atoms with Crippen molar-refractivity contribution in [2.24, 2.45) is 0 Å². The molecule has 282 valence electrons. The lowest BCUT2D eigenvalue weighted by molar-refractivity contribution is -0.676. The van der Waals surface area contributed by atoms with Crippen molar-refractivity contribution in [3.05, 3.63) is 107 Å². The Bertz CT molecular complexity index is 2270. The van der Waals surface area contributed by atoms with Crippen LogP contribution >= 0.6 is 36.7 Å². The third-order valence-corrected chi connectivity index (χ3v) is 12.3. The van der Waals surface area contributed by atoms with Crippen LogP contribution in [0.5, 0.6) is 0 Å². The number of nitrogens with one attached hydrogen (secondary N) is 3. The van der Waals surface area contributed by atoms with E-state index in [1.807, 2.05) is 19.9 Å². The van der Waals surface area contributed by atoms with Crippen LogP contribution in [0.2, 0.25) is 0 Å². The number of unbranched alkanes of at least 4 members (excludes halogenated alkanes) is 2. The molecule has 5 rings (SSSR count). The lowest BCUT2D eigenvalue weighted by Gasteiger charge is -2.42. The summed E-state index contributed by atoms with van der Waals surface area (Å²) in [5, 5.41) is 9.96. The van der Waals surface area contributed by atoms with E-state index in [1.54, 1.807) is 60.7 Å². The summed E-state index contributed by atoms with van der Waals surface area (Å²) in [6.07, 6.45) is 13.6. The Morgan fingerprint density at radius 1 is 0.815 bits per heavy atom. The van der Waals surface area contributed by atoms with E-state index >= 15 is 8.42 Å². The molecule has 0 saturated heterocycles. The van der Waals surface area contributed by atoms with Gasteiger partial charge in [0.25, 0.3) is 0 Å². The average molecular weight is 803 g/mol. The number of nitrogens with two attached hydrogens (primary N) is 1. The number of carbonyl (C=O) groups is 3. The Morgan fingerprint density at radius 2 is 1.56 bits per heavy atom. The Morgan fingerprint density at radius 3 is 2.28 bits per heavy atom. The van der Waals surface area contributed by atoms with E-state index in [0.717, 1.165) is 18.2 Å². The van der Waals surface area contributed by atoms with E-state index in [1.165, 1.54) is 13.0 Å². The third kappa shape index (κ3) is 8.58. The molecule has 0 heterocycles. The minimum absolute atomic E-state index is 0.0139. The van der Waals surface area contributed by atoms with Crippen molar-refractivity contribution >= 4 is 95.5 Å². The van der Waals surface area contributed by atoms with Gasteiger partial charge in [-0.25, -0.2) is 0 Å². The third-order valence-electron chi connectivity index (χ3n) is 9.17. The summed E-state index contributed by atoms with van der Waals surface area (Å²) in [6.45, 7) is 5.27. The van der Waals surface area contributed by atoms with Crippen molar-refractivity contribution in [2.45, 2.75) is 83.5 Å². The summed E-state index contributed by atoms with van der Waals surface area (Å²) >= 11 is 17.1. The number of hydrogen-bond donors (Lipinski definition) is 4. The van der Waals surface area contributed by atoms with Crippen LogP contribution in [0.15, 0.2) is 112 Å². The van der Waals surface area contributed by atoms with Crippen LogP contribution in [-0.2, 0) is 24.4 Å². The molecule has 5 N–H and O–H groups in total. The molecule has 0 radical (unpaired) electrons. The number of allylic oxidation sites excluding steroid dienone is 8. The van der Waals surface area contributed by atoms with Gasteiger partial charge in [0.2, 0.25) is 17.7 Å². The van der Waals surface area contributed by atoms with Crippen LogP contribution in [0.4, 0.5) is 5.69 Å². The number of quaternary nitrogens is 1. The first-order chi connectivity index (χ1) is 25.7. The number of amides is 3. The molecule has 14 heteroatoms. The van der Waals surface area contributed by atoms with Gasteiger partial charge in [-0.1, -0.05) is 81.5 Å². The van der Waals surface area contributed by atoms with Crippen molar-refractivity contribution in [1.82, 2.24) is 16.0 Å². The Hall–Kier alpha value is -4.47. The standard InChI is InChI=1S/C40H43N5O5S4/c1-4-6-7-12-40(48)43-35-23-30(51)15-17-37(35)45(29-19-27(42-25(3)46)20-31(52)21-29,28-14-18-38(53)36(22-28)44-39(47)9-5-2)54(49,50)32-16-13-26-10-8-11-34(41)33(26)24-32/h8,10-11,13-14,16-17,19-20,22-24H,4-7,9,12,15,18,21,41H2,1-3H3,(H2-,42,43,44,46,47,48,51,52)/p+1. The Labute approximate surface area is 332 Å². The molecule has 0 aromatic heterocycles. The molecule has 0 aliphatic heterocycles. The molecule has 0 fully saturated rings. The number of rotatable bonds is 14. The highest BCUT2D eigenvalue weighted by Gasteiger charge is 2.56. The number of anilines is 1. The van der Waals surface area contributed by atoms with Crippen LogP contribution < -0.4 is 21.7 Å². The Balaban J connectivity index is 1.89. The summed E-state index contributed by atoms with van der Waals surface area (Å²) in [5.74, 6) is -0.944. The van der Waals surface area contributed by atoms with Crippen LogP contribution in [0, 0.1) is 0 Å². The maximum atomic E-state index is 16.1. The summed E-state index contributed by atoms with van der Waals surface area (Å²) < 4.78 is 31.2. The van der Waals surface area contributed by atoms with Crippen LogP contribution in [-0.4, -0.2) is 44.6 Å². The molecule has 0 bridgehead atoms. The van der Waals surface area contributed by atoms with E-state index in [-0.39, 0.29) is 77.5 Å². The van der Waals surface area contributed by atoms with E-state index in [0.29, 0.717) is 49.9 Å². The molecule has 3 aliphatic carbocycles. The van der Waals surface area contributed by atoms with Crippen LogP contribution in [0.25, 0.3) is 10.8 Å². The zero-order valence-corrected chi connectivity index (χ0v) is 33.8. The number of nitrogen functional groups attached to an aromatic ring is 1. The van der Waals surface area contributed by atoms with Crippen molar-refractivity contribution in [1.29, 1.82) is 0 Å². The van der Waals surface area contributed by atoms with E-state index in [9.17, 15) is 14.4 Å². The first-order valence-electron chi connectivity index (χ1n) is 17.9.